The highest BCUT2D eigenvalue weighted by Crippen LogP contribution is 2.26. The Balaban J connectivity index is 0.00000364. The fourth-order valence-electron chi connectivity index (χ4n) is 3.91. The Morgan fingerprint density at radius 1 is 1.15 bits per heavy atom. The topological polar surface area (TPSA) is 42.9 Å². The number of alkyl halides is 3. The number of hydrogen-bond donors (Lipinski definition) is 2. The van der Waals surface area contributed by atoms with E-state index in [1.165, 1.54) is 37.6 Å². The van der Waals surface area contributed by atoms with Crippen LogP contribution in [0.2, 0.25) is 0 Å². The summed E-state index contributed by atoms with van der Waals surface area (Å²) in [4.78, 5) is 8.33. The van der Waals surface area contributed by atoms with Crippen molar-refractivity contribution in [3.05, 3.63) is 0 Å². The van der Waals surface area contributed by atoms with E-state index in [2.05, 4.69) is 20.5 Å². The minimum Gasteiger partial charge on any atom is -0.357 e. The summed E-state index contributed by atoms with van der Waals surface area (Å²) in [6.45, 7) is 4.72. The number of nitrogens with zero attached hydrogens (tertiary/aromatic N) is 3. The average Bonchev–Trinajstić information content (AvgIpc) is 3.08. The van der Waals surface area contributed by atoms with Crippen LogP contribution >= 0.6 is 24.0 Å². The van der Waals surface area contributed by atoms with Crippen LogP contribution < -0.4 is 10.6 Å². The summed E-state index contributed by atoms with van der Waals surface area (Å²) in [5.41, 5.74) is 0. The molecule has 2 rings (SSSR count). The quantitative estimate of drug-likeness (QED) is 0.317. The van der Waals surface area contributed by atoms with E-state index in [4.69, 9.17) is 0 Å². The van der Waals surface area contributed by atoms with Crippen LogP contribution in [-0.4, -0.2) is 80.3 Å². The van der Waals surface area contributed by atoms with Crippen LogP contribution in [0.5, 0.6) is 0 Å². The Morgan fingerprint density at radius 3 is 2.33 bits per heavy atom. The molecule has 0 aromatic carbocycles. The van der Waals surface area contributed by atoms with Crippen molar-refractivity contribution in [2.24, 2.45) is 4.99 Å². The van der Waals surface area contributed by atoms with Crippen molar-refractivity contribution < 1.29 is 13.2 Å². The summed E-state index contributed by atoms with van der Waals surface area (Å²) in [5, 5.41) is 6.66. The summed E-state index contributed by atoms with van der Waals surface area (Å²) >= 11 is 0. The minimum atomic E-state index is -4.16. The number of rotatable bonds is 7. The lowest BCUT2D eigenvalue weighted by molar-refractivity contribution is -0.142. The molecule has 27 heavy (non-hydrogen) atoms. The van der Waals surface area contributed by atoms with Crippen molar-refractivity contribution in [2.45, 2.75) is 63.7 Å². The van der Waals surface area contributed by atoms with Gasteiger partial charge in [0.1, 0.15) is 0 Å². The molecule has 0 aromatic rings. The van der Waals surface area contributed by atoms with Gasteiger partial charge in [-0.15, -0.1) is 24.0 Å². The molecule has 9 heteroatoms. The average molecular weight is 505 g/mol. The molecule has 1 saturated heterocycles. The van der Waals surface area contributed by atoms with Gasteiger partial charge in [-0.2, -0.15) is 13.2 Å². The maximum atomic E-state index is 12.4. The Hall–Kier alpha value is -0.290. The maximum absolute atomic E-state index is 12.4. The molecule has 0 aromatic heterocycles. The first-order valence-corrected chi connectivity index (χ1v) is 9.91. The highest BCUT2D eigenvalue weighted by atomic mass is 127. The monoisotopic (exact) mass is 505 g/mol. The zero-order valence-electron chi connectivity index (χ0n) is 16.5. The molecule has 2 fully saturated rings. The molecule has 0 spiro atoms. The molecule has 0 unspecified atom stereocenters. The number of guanidine groups is 1. The van der Waals surface area contributed by atoms with Crippen LogP contribution in [0.1, 0.15) is 45.4 Å². The Labute approximate surface area is 178 Å². The molecule has 0 radical (unpaired) electrons. The van der Waals surface area contributed by atoms with Crippen LogP contribution in [0.4, 0.5) is 13.2 Å². The minimum absolute atomic E-state index is 0. The Kier molecular flexibility index (Phi) is 11.3. The zero-order valence-corrected chi connectivity index (χ0v) is 18.9. The van der Waals surface area contributed by atoms with Gasteiger partial charge >= 0.3 is 6.18 Å². The fraction of sp³-hybridized carbons (Fsp3) is 0.944. The largest absolute Gasteiger partial charge is 0.401 e. The lowest BCUT2D eigenvalue weighted by atomic mass is 10.0. The molecule has 0 bridgehead atoms. The van der Waals surface area contributed by atoms with Gasteiger partial charge in [-0.25, -0.2) is 0 Å². The standard InChI is InChI=1S/C18H34F3N5.HI/c1-3-22-17(23-10-13-25(2)14-18(19,20)21)24-15-8-11-26(12-9-15)16-6-4-5-7-16;/h15-16H,3-14H2,1-2H3,(H2,22,23,24);1H. The van der Waals surface area contributed by atoms with E-state index in [1.807, 2.05) is 6.92 Å². The van der Waals surface area contributed by atoms with Crippen molar-refractivity contribution in [2.75, 3.05) is 46.3 Å². The summed E-state index contributed by atoms with van der Waals surface area (Å²) in [5.74, 6) is 0.715. The third-order valence-electron chi connectivity index (χ3n) is 5.26. The molecule has 2 N–H and O–H groups in total. The second kappa shape index (κ2) is 12.3. The predicted molar refractivity (Wildman–Crippen MR) is 115 cm³/mol. The van der Waals surface area contributed by atoms with E-state index in [1.54, 1.807) is 0 Å². The smallest absolute Gasteiger partial charge is 0.357 e. The van der Waals surface area contributed by atoms with Crippen LogP contribution in [0.15, 0.2) is 4.99 Å². The van der Waals surface area contributed by atoms with Crippen molar-refractivity contribution in [3.8, 4) is 0 Å². The van der Waals surface area contributed by atoms with Crippen LogP contribution in [0, 0.1) is 0 Å². The number of halogens is 4. The third kappa shape index (κ3) is 9.65. The SMILES string of the molecule is CCNC(=NCCN(C)CC(F)(F)F)NC1CCN(C2CCCC2)CC1.I. The Bertz CT molecular complexity index is 433. The second-order valence-corrected chi connectivity index (χ2v) is 7.51. The molecular formula is C18H35F3IN5. The maximum Gasteiger partial charge on any atom is 0.401 e. The predicted octanol–water partition coefficient (Wildman–Crippen LogP) is 3.06. The third-order valence-corrected chi connectivity index (χ3v) is 5.26. The van der Waals surface area contributed by atoms with E-state index in [0.29, 0.717) is 18.5 Å². The van der Waals surface area contributed by atoms with Crippen LogP contribution in [-0.2, 0) is 0 Å². The Morgan fingerprint density at radius 2 is 1.78 bits per heavy atom. The van der Waals surface area contributed by atoms with Crippen LogP contribution in [0.25, 0.3) is 0 Å². The first-order chi connectivity index (χ1) is 12.4. The van der Waals surface area contributed by atoms with E-state index in [9.17, 15) is 13.2 Å². The molecule has 1 aliphatic heterocycles. The van der Waals surface area contributed by atoms with Gasteiger partial charge in [0, 0.05) is 38.3 Å². The normalized spacial score (nSPS) is 20.7. The molecule has 0 atom stereocenters. The fourth-order valence-corrected chi connectivity index (χ4v) is 3.91. The van der Waals surface area contributed by atoms with Gasteiger partial charge in [-0.1, -0.05) is 12.8 Å². The van der Waals surface area contributed by atoms with Crippen molar-refractivity contribution in [1.82, 2.24) is 20.4 Å². The highest BCUT2D eigenvalue weighted by molar-refractivity contribution is 14.0. The molecule has 1 aliphatic carbocycles. The molecule has 0 amide bonds. The van der Waals surface area contributed by atoms with E-state index in [-0.39, 0.29) is 30.5 Å². The van der Waals surface area contributed by atoms with E-state index >= 15 is 0 Å². The highest BCUT2D eigenvalue weighted by Gasteiger charge is 2.29. The first-order valence-electron chi connectivity index (χ1n) is 9.91. The molecular weight excluding hydrogens is 470 g/mol. The van der Waals surface area contributed by atoms with Crippen molar-refractivity contribution in [3.63, 3.8) is 0 Å². The summed E-state index contributed by atoms with van der Waals surface area (Å²) in [7, 11) is 1.47. The lowest BCUT2D eigenvalue weighted by Gasteiger charge is -2.36. The molecule has 1 saturated carbocycles. The summed E-state index contributed by atoms with van der Waals surface area (Å²) < 4.78 is 37.1. The second-order valence-electron chi connectivity index (χ2n) is 7.51. The lowest BCUT2D eigenvalue weighted by Crippen LogP contribution is -2.50. The summed E-state index contributed by atoms with van der Waals surface area (Å²) in [6, 6.07) is 1.17. The number of likely N-dealkylation sites (tertiary alicyclic amines) is 1. The van der Waals surface area contributed by atoms with E-state index in [0.717, 1.165) is 38.5 Å². The van der Waals surface area contributed by atoms with Gasteiger partial charge < -0.3 is 15.5 Å². The number of piperidine rings is 1. The molecule has 1 heterocycles. The van der Waals surface area contributed by atoms with Crippen molar-refractivity contribution in [1.29, 1.82) is 0 Å². The van der Waals surface area contributed by atoms with Gasteiger partial charge in [-0.3, -0.25) is 9.89 Å². The first kappa shape index (κ1) is 24.7. The van der Waals surface area contributed by atoms with Gasteiger partial charge in [0.05, 0.1) is 13.1 Å². The number of nitrogens with one attached hydrogen (secondary N) is 2. The number of likely N-dealkylation sites (N-methyl/N-ethyl adjacent to an activating group) is 1. The van der Waals surface area contributed by atoms with Gasteiger partial charge in [0.25, 0.3) is 0 Å². The van der Waals surface area contributed by atoms with Gasteiger partial charge in [0.2, 0.25) is 0 Å². The number of hydrogen-bond acceptors (Lipinski definition) is 3. The summed E-state index contributed by atoms with van der Waals surface area (Å²) in [6.07, 6.45) is 3.44. The van der Waals surface area contributed by atoms with Gasteiger partial charge in [0.15, 0.2) is 5.96 Å². The molecule has 160 valence electrons. The molecule has 2 aliphatic rings. The zero-order chi connectivity index (χ0) is 19.0. The van der Waals surface area contributed by atoms with Gasteiger partial charge in [-0.05, 0) is 39.7 Å². The van der Waals surface area contributed by atoms with Crippen LogP contribution in [0.3, 0.4) is 0 Å². The molecule has 5 nitrogen and oxygen atoms in total. The number of aliphatic imine (C=N–C) groups is 1. The van der Waals surface area contributed by atoms with E-state index < -0.39 is 12.7 Å². The van der Waals surface area contributed by atoms with Crippen molar-refractivity contribution >= 4 is 29.9 Å².